The number of fused-ring (bicyclic) bond motifs is 1. The number of nitrogens with zero attached hydrogens (tertiary/aromatic N) is 2. The van der Waals surface area contributed by atoms with E-state index < -0.39 is 10.0 Å². The SMILES string of the molecule is Cl.NCC1CCCN(C2=NS(=O)(=O)c3ccccc32)C1. The molecule has 7 heteroatoms. The third-order valence-electron chi connectivity index (χ3n) is 3.76. The topological polar surface area (TPSA) is 75.8 Å². The van der Waals surface area contributed by atoms with Crippen LogP contribution in [-0.4, -0.2) is 38.8 Å². The van der Waals surface area contributed by atoms with Crippen LogP contribution in [0.5, 0.6) is 0 Å². The molecule has 0 radical (unpaired) electrons. The van der Waals surface area contributed by atoms with E-state index in [1.165, 1.54) is 0 Å². The zero-order chi connectivity index (χ0) is 13.5. The van der Waals surface area contributed by atoms with Gasteiger partial charge < -0.3 is 10.6 Å². The lowest BCUT2D eigenvalue weighted by Gasteiger charge is -2.33. The molecular weight excluding hydrogens is 298 g/mol. The van der Waals surface area contributed by atoms with Gasteiger partial charge in [-0.2, -0.15) is 8.42 Å². The standard InChI is InChI=1S/C13H17N3O2S.ClH/c14-8-10-4-3-7-16(9-10)13-11-5-1-2-6-12(11)19(17,18)15-13;/h1-2,5-6,10H,3-4,7-9,14H2;1H. The minimum atomic E-state index is -3.51. The van der Waals surface area contributed by atoms with Crippen molar-refractivity contribution >= 4 is 28.3 Å². The average Bonchev–Trinajstić information content (AvgIpc) is 2.72. The van der Waals surface area contributed by atoms with Crippen LogP contribution in [0.25, 0.3) is 0 Å². The van der Waals surface area contributed by atoms with Gasteiger partial charge in [0, 0.05) is 18.7 Å². The lowest BCUT2D eigenvalue weighted by molar-refractivity contribution is 0.264. The zero-order valence-corrected chi connectivity index (χ0v) is 12.7. The normalized spacial score (nSPS) is 23.8. The van der Waals surface area contributed by atoms with Gasteiger partial charge in [0.2, 0.25) is 0 Å². The fourth-order valence-electron chi connectivity index (χ4n) is 2.77. The van der Waals surface area contributed by atoms with Crippen molar-refractivity contribution in [1.29, 1.82) is 0 Å². The van der Waals surface area contributed by atoms with Gasteiger partial charge in [0.15, 0.2) is 5.84 Å². The number of hydrogen-bond acceptors (Lipinski definition) is 4. The quantitative estimate of drug-likeness (QED) is 0.845. The fraction of sp³-hybridized carbons (Fsp3) is 0.462. The van der Waals surface area contributed by atoms with E-state index in [-0.39, 0.29) is 12.4 Å². The molecule has 1 unspecified atom stereocenters. The summed E-state index contributed by atoms with van der Waals surface area (Å²) in [4.78, 5) is 2.38. The Labute approximate surface area is 125 Å². The molecule has 1 atom stereocenters. The molecule has 3 rings (SSSR count). The predicted molar refractivity (Wildman–Crippen MR) is 80.8 cm³/mol. The molecule has 0 amide bonds. The summed E-state index contributed by atoms with van der Waals surface area (Å²) < 4.78 is 28.0. The zero-order valence-electron chi connectivity index (χ0n) is 11.0. The molecule has 1 fully saturated rings. The predicted octanol–water partition coefficient (Wildman–Crippen LogP) is 1.23. The minimum absolute atomic E-state index is 0. The summed E-state index contributed by atoms with van der Waals surface area (Å²) in [6.07, 6.45) is 2.14. The van der Waals surface area contributed by atoms with E-state index in [1.54, 1.807) is 12.1 Å². The van der Waals surface area contributed by atoms with E-state index in [4.69, 9.17) is 5.73 Å². The smallest absolute Gasteiger partial charge is 0.285 e. The number of sulfonamides is 1. The van der Waals surface area contributed by atoms with Crippen molar-refractivity contribution in [2.45, 2.75) is 17.7 Å². The van der Waals surface area contributed by atoms with Crippen LogP contribution in [0, 0.1) is 5.92 Å². The summed E-state index contributed by atoms with van der Waals surface area (Å²) in [7, 11) is -3.51. The number of likely N-dealkylation sites (tertiary alicyclic amines) is 1. The summed E-state index contributed by atoms with van der Waals surface area (Å²) in [5.74, 6) is 1.01. The Bertz CT molecular complexity index is 630. The van der Waals surface area contributed by atoms with Gasteiger partial charge in [0.05, 0.1) is 0 Å². The van der Waals surface area contributed by atoms with Crippen molar-refractivity contribution < 1.29 is 8.42 Å². The lowest BCUT2D eigenvalue weighted by Crippen LogP contribution is -2.42. The Kier molecular flexibility index (Phi) is 4.36. The van der Waals surface area contributed by atoms with Gasteiger partial charge in [0.25, 0.3) is 10.0 Å². The van der Waals surface area contributed by atoms with Gasteiger partial charge in [-0.05, 0) is 37.4 Å². The number of halogens is 1. The molecule has 0 bridgehead atoms. The van der Waals surface area contributed by atoms with Crippen molar-refractivity contribution in [2.24, 2.45) is 16.0 Å². The Balaban J connectivity index is 0.00000147. The van der Waals surface area contributed by atoms with Crippen LogP contribution in [0.1, 0.15) is 18.4 Å². The molecule has 110 valence electrons. The van der Waals surface area contributed by atoms with Gasteiger partial charge >= 0.3 is 0 Å². The van der Waals surface area contributed by atoms with Crippen LogP contribution in [0.4, 0.5) is 0 Å². The number of piperidine rings is 1. The molecule has 2 aliphatic rings. The van der Waals surface area contributed by atoms with E-state index in [2.05, 4.69) is 9.30 Å². The molecule has 0 saturated carbocycles. The first-order valence-corrected chi connectivity index (χ1v) is 7.95. The number of amidine groups is 1. The maximum atomic E-state index is 12.0. The molecule has 5 nitrogen and oxygen atoms in total. The first-order valence-electron chi connectivity index (χ1n) is 6.51. The second-order valence-corrected chi connectivity index (χ2v) is 6.65. The van der Waals surface area contributed by atoms with Crippen molar-refractivity contribution in [3.05, 3.63) is 29.8 Å². The first-order chi connectivity index (χ1) is 9.12. The molecule has 0 aromatic heterocycles. The summed E-state index contributed by atoms with van der Waals surface area (Å²) in [6.45, 7) is 2.27. The fourth-order valence-corrected chi connectivity index (χ4v) is 3.99. The van der Waals surface area contributed by atoms with Gasteiger partial charge in [-0.15, -0.1) is 16.8 Å². The van der Waals surface area contributed by atoms with Crippen LogP contribution >= 0.6 is 12.4 Å². The van der Waals surface area contributed by atoms with Gasteiger partial charge in [0.1, 0.15) is 4.90 Å². The molecule has 2 heterocycles. The van der Waals surface area contributed by atoms with Crippen molar-refractivity contribution in [3.63, 3.8) is 0 Å². The summed E-state index contributed by atoms with van der Waals surface area (Å²) in [5.41, 5.74) is 6.45. The lowest BCUT2D eigenvalue weighted by atomic mass is 9.97. The third kappa shape index (κ3) is 2.55. The maximum absolute atomic E-state index is 12.0. The van der Waals surface area contributed by atoms with Crippen LogP contribution in [0.3, 0.4) is 0 Å². The average molecular weight is 316 g/mol. The highest BCUT2D eigenvalue weighted by Crippen LogP contribution is 2.29. The Morgan fingerprint density at radius 2 is 2.10 bits per heavy atom. The molecule has 20 heavy (non-hydrogen) atoms. The highest BCUT2D eigenvalue weighted by Gasteiger charge is 2.33. The Morgan fingerprint density at radius 1 is 1.35 bits per heavy atom. The monoisotopic (exact) mass is 315 g/mol. The molecule has 2 N–H and O–H groups in total. The molecule has 0 spiro atoms. The number of hydrogen-bond donors (Lipinski definition) is 1. The number of nitrogens with two attached hydrogens (primary N) is 1. The van der Waals surface area contributed by atoms with E-state index in [0.717, 1.165) is 31.5 Å². The second kappa shape index (κ2) is 5.71. The maximum Gasteiger partial charge on any atom is 0.285 e. The highest BCUT2D eigenvalue weighted by molar-refractivity contribution is 7.90. The first kappa shape index (κ1) is 15.3. The number of benzene rings is 1. The molecule has 1 saturated heterocycles. The molecule has 2 aliphatic heterocycles. The van der Waals surface area contributed by atoms with Crippen LogP contribution < -0.4 is 5.73 Å². The summed E-state index contributed by atoms with van der Waals surface area (Å²) in [5, 5.41) is 0. The van der Waals surface area contributed by atoms with Crippen LogP contribution in [0.15, 0.2) is 33.6 Å². The Morgan fingerprint density at radius 3 is 2.85 bits per heavy atom. The summed E-state index contributed by atoms with van der Waals surface area (Å²) in [6, 6.07) is 7.02. The van der Waals surface area contributed by atoms with E-state index in [0.29, 0.717) is 23.2 Å². The van der Waals surface area contributed by atoms with Crippen LogP contribution in [0.2, 0.25) is 0 Å². The van der Waals surface area contributed by atoms with E-state index >= 15 is 0 Å². The largest absolute Gasteiger partial charge is 0.355 e. The number of rotatable bonds is 1. The molecular formula is C13H18ClN3O2S. The molecule has 1 aromatic rings. The van der Waals surface area contributed by atoms with Crippen molar-refractivity contribution in [1.82, 2.24) is 4.90 Å². The Hall–Kier alpha value is -1.11. The summed E-state index contributed by atoms with van der Waals surface area (Å²) >= 11 is 0. The van der Waals surface area contributed by atoms with Crippen LogP contribution in [-0.2, 0) is 10.0 Å². The van der Waals surface area contributed by atoms with E-state index in [9.17, 15) is 8.42 Å². The van der Waals surface area contributed by atoms with E-state index in [1.807, 2.05) is 12.1 Å². The molecule has 0 aliphatic carbocycles. The molecule has 1 aromatic carbocycles. The minimum Gasteiger partial charge on any atom is -0.355 e. The van der Waals surface area contributed by atoms with Crippen molar-refractivity contribution in [3.8, 4) is 0 Å². The van der Waals surface area contributed by atoms with Gasteiger partial charge in [-0.1, -0.05) is 12.1 Å². The highest BCUT2D eigenvalue weighted by atomic mass is 35.5. The van der Waals surface area contributed by atoms with Crippen molar-refractivity contribution in [2.75, 3.05) is 19.6 Å². The van der Waals surface area contributed by atoms with Gasteiger partial charge in [-0.25, -0.2) is 0 Å². The second-order valence-electron chi connectivity index (χ2n) is 5.08. The van der Waals surface area contributed by atoms with Gasteiger partial charge in [-0.3, -0.25) is 0 Å². The third-order valence-corrected chi connectivity index (χ3v) is 5.09.